The number of benzene rings is 1. The minimum absolute atomic E-state index is 0.0677. The molecule has 1 aromatic carbocycles. The van der Waals surface area contributed by atoms with Gasteiger partial charge in [-0.05, 0) is 25.5 Å². The Labute approximate surface area is 127 Å². The Bertz CT molecular complexity index is 664. The molecule has 21 heavy (non-hydrogen) atoms. The second kappa shape index (κ2) is 5.81. The lowest BCUT2D eigenvalue weighted by Crippen LogP contribution is -2.48. The Morgan fingerprint density at radius 2 is 2.24 bits per heavy atom. The van der Waals surface area contributed by atoms with Gasteiger partial charge in [-0.2, -0.15) is 0 Å². The zero-order chi connectivity index (χ0) is 15.7. The number of nitrogens with one attached hydrogen (secondary N) is 1. The molecule has 1 saturated heterocycles. The highest BCUT2D eigenvalue weighted by atomic mass is 35.5. The highest BCUT2D eigenvalue weighted by Crippen LogP contribution is 2.23. The summed E-state index contributed by atoms with van der Waals surface area (Å²) in [6, 6.07) is 3.77. The molecule has 0 aliphatic carbocycles. The first kappa shape index (κ1) is 16.0. The highest BCUT2D eigenvalue weighted by molar-refractivity contribution is 7.91. The van der Waals surface area contributed by atoms with E-state index in [9.17, 15) is 17.6 Å². The van der Waals surface area contributed by atoms with Gasteiger partial charge in [0.1, 0.15) is 11.6 Å². The van der Waals surface area contributed by atoms with Crippen molar-refractivity contribution in [2.75, 3.05) is 18.1 Å². The summed E-state index contributed by atoms with van der Waals surface area (Å²) in [6.07, 6.45) is 0.378. The summed E-state index contributed by atoms with van der Waals surface area (Å²) in [5, 5.41) is 2.56. The van der Waals surface area contributed by atoms with Crippen LogP contribution in [0.3, 0.4) is 0 Å². The summed E-state index contributed by atoms with van der Waals surface area (Å²) in [7, 11) is -3.09. The second-order valence-electron chi connectivity index (χ2n) is 5.32. The van der Waals surface area contributed by atoms with E-state index in [4.69, 9.17) is 16.3 Å². The van der Waals surface area contributed by atoms with Gasteiger partial charge < -0.3 is 10.1 Å². The fourth-order valence-corrected chi connectivity index (χ4v) is 4.46. The third-order valence-corrected chi connectivity index (χ3v) is 5.40. The van der Waals surface area contributed by atoms with Crippen molar-refractivity contribution < 1.29 is 22.3 Å². The summed E-state index contributed by atoms with van der Waals surface area (Å²) >= 11 is 5.60. The van der Waals surface area contributed by atoms with Gasteiger partial charge in [0.05, 0.1) is 22.1 Å². The fourth-order valence-electron chi connectivity index (χ4n) is 2.20. The van der Waals surface area contributed by atoms with Crippen molar-refractivity contribution in [3.63, 3.8) is 0 Å². The molecule has 1 aromatic rings. The van der Waals surface area contributed by atoms with E-state index in [1.807, 2.05) is 0 Å². The van der Waals surface area contributed by atoms with Crippen LogP contribution in [0.1, 0.15) is 13.3 Å². The van der Waals surface area contributed by atoms with Crippen molar-refractivity contribution in [3.8, 4) is 5.75 Å². The number of carbonyl (C=O) groups is 1. The molecule has 5 nitrogen and oxygen atoms in total. The lowest BCUT2D eigenvalue weighted by atomic mass is 10.0. The lowest BCUT2D eigenvalue weighted by Gasteiger charge is -2.23. The number of hydrogen-bond acceptors (Lipinski definition) is 4. The van der Waals surface area contributed by atoms with Crippen LogP contribution in [-0.2, 0) is 14.6 Å². The molecule has 1 N–H and O–H groups in total. The standard InChI is InChI=1S/C13H15ClFNO4S/c1-13(4-5-21(18,19)8-13)16-12(17)7-20-9-2-3-11(15)10(14)6-9/h2-3,6H,4-5,7-8H2,1H3,(H,16,17)/t13-/m1/s1. The molecule has 1 atom stereocenters. The summed E-state index contributed by atoms with van der Waals surface area (Å²) in [5.74, 6) is -0.750. The van der Waals surface area contributed by atoms with Crippen molar-refractivity contribution in [2.24, 2.45) is 0 Å². The molecule has 0 aromatic heterocycles. The molecular weight excluding hydrogens is 321 g/mol. The predicted molar refractivity (Wildman–Crippen MR) is 76.7 cm³/mol. The molecule has 1 amide bonds. The van der Waals surface area contributed by atoms with Crippen LogP contribution in [0.4, 0.5) is 4.39 Å². The Balaban J connectivity index is 1.89. The van der Waals surface area contributed by atoms with Crippen LogP contribution < -0.4 is 10.1 Å². The van der Waals surface area contributed by atoms with Gasteiger partial charge in [-0.3, -0.25) is 4.79 Å². The average molecular weight is 336 g/mol. The summed E-state index contributed by atoms with van der Waals surface area (Å²) in [4.78, 5) is 11.8. The SMILES string of the molecule is C[C@@]1(NC(=O)COc2ccc(F)c(Cl)c2)CCS(=O)(=O)C1. The maximum atomic E-state index is 13.0. The molecule has 0 spiro atoms. The Morgan fingerprint density at radius 1 is 1.52 bits per heavy atom. The van der Waals surface area contributed by atoms with Crippen LogP contribution in [0.5, 0.6) is 5.75 Å². The van der Waals surface area contributed by atoms with Gasteiger partial charge >= 0.3 is 0 Å². The van der Waals surface area contributed by atoms with E-state index >= 15 is 0 Å². The van der Waals surface area contributed by atoms with Crippen molar-refractivity contribution >= 4 is 27.3 Å². The van der Waals surface area contributed by atoms with Gasteiger partial charge in [-0.25, -0.2) is 12.8 Å². The minimum Gasteiger partial charge on any atom is -0.484 e. The van der Waals surface area contributed by atoms with E-state index < -0.39 is 27.1 Å². The largest absolute Gasteiger partial charge is 0.484 e. The van der Waals surface area contributed by atoms with Crippen LogP contribution >= 0.6 is 11.6 Å². The van der Waals surface area contributed by atoms with E-state index in [1.54, 1.807) is 6.92 Å². The Morgan fingerprint density at radius 3 is 2.81 bits per heavy atom. The van der Waals surface area contributed by atoms with Gasteiger partial charge in [0.25, 0.3) is 5.91 Å². The number of carbonyl (C=O) groups excluding carboxylic acids is 1. The molecule has 1 heterocycles. The third-order valence-electron chi connectivity index (χ3n) is 3.21. The molecule has 8 heteroatoms. The van der Waals surface area contributed by atoms with E-state index in [1.165, 1.54) is 12.1 Å². The minimum atomic E-state index is -3.09. The summed E-state index contributed by atoms with van der Waals surface area (Å²) in [6.45, 7) is 1.39. The topological polar surface area (TPSA) is 72.5 Å². The Hall–Kier alpha value is -1.34. The van der Waals surface area contributed by atoms with Crippen LogP contribution in [0.2, 0.25) is 5.02 Å². The lowest BCUT2D eigenvalue weighted by molar-refractivity contribution is -0.124. The number of sulfone groups is 1. The van der Waals surface area contributed by atoms with Crippen molar-refractivity contribution in [1.29, 1.82) is 0 Å². The fraction of sp³-hybridized carbons (Fsp3) is 0.462. The first-order valence-electron chi connectivity index (χ1n) is 6.28. The monoisotopic (exact) mass is 335 g/mol. The molecule has 1 fully saturated rings. The molecular formula is C13H15ClFNO4S. The maximum absolute atomic E-state index is 13.0. The van der Waals surface area contributed by atoms with Gasteiger partial charge in [0, 0.05) is 6.07 Å². The van der Waals surface area contributed by atoms with Gasteiger partial charge in [0.2, 0.25) is 0 Å². The highest BCUT2D eigenvalue weighted by Gasteiger charge is 2.39. The third kappa shape index (κ3) is 4.31. The summed E-state index contributed by atoms with van der Waals surface area (Å²) in [5.41, 5.74) is -0.764. The van der Waals surface area contributed by atoms with Crippen molar-refractivity contribution in [1.82, 2.24) is 5.32 Å². The second-order valence-corrected chi connectivity index (χ2v) is 7.91. The van der Waals surface area contributed by atoms with Crippen LogP contribution in [0.25, 0.3) is 0 Å². The maximum Gasteiger partial charge on any atom is 0.258 e. The van der Waals surface area contributed by atoms with Crippen LogP contribution in [0.15, 0.2) is 18.2 Å². The molecule has 2 rings (SSSR count). The van der Waals surface area contributed by atoms with E-state index in [-0.39, 0.29) is 28.9 Å². The number of ether oxygens (including phenoxy) is 1. The van der Waals surface area contributed by atoms with Gasteiger partial charge in [0.15, 0.2) is 16.4 Å². The van der Waals surface area contributed by atoms with Crippen LogP contribution in [0, 0.1) is 5.82 Å². The number of rotatable bonds is 4. The number of amides is 1. The molecule has 0 radical (unpaired) electrons. The van der Waals surface area contributed by atoms with Crippen LogP contribution in [-0.4, -0.2) is 38.0 Å². The molecule has 1 aliphatic heterocycles. The smallest absolute Gasteiger partial charge is 0.258 e. The van der Waals surface area contributed by atoms with E-state index in [0.29, 0.717) is 6.42 Å². The first-order valence-corrected chi connectivity index (χ1v) is 8.48. The van der Waals surface area contributed by atoms with E-state index in [0.717, 1.165) is 6.07 Å². The quantitative estimate of drug-likeness (QED) is 0.906. The molecule has 0 saturated carbocycles. The average Bonchev–Trinajstić information content (AvgIpc) is 2.65. The molecule has 0 unspecified atom stereocenters. The van der Waals surface area contributed by atoms with E-state index in [2.05, 4.69) is 5.32 Å². The zero-order valence-corrected chi connectivity index (χ0v) is 12.9. The Kier molecular flexibility index (Phi) is 4.43. The van der Waals surface area contributed by atoms with Crippen molar-refractivity contribution in [3.05, 3.63) is 29.0 Å². The van der Waals surface area contributed by atoms with Gasteiger partial charge in [-0.1, -0.05) is 11.6 Å². The molecule has 0 bridgehead atoms. The predicted octanol–water partition coefficient (Wildman–Crippen LogP) is 1.55. The first-order chi connectivity index (χ1) is 9.69. The van der Waals surface area contributed by atoms with Crippen molar-refractivity contribution in [2.45, 2.75) is 18.9 Å². The number of halogens is 2. The zero-order valence-electron chi connectivity index (χ0n) is 11.4. The molecule has 1 aliphatic rings. The van der Waals surface area contributed by atoms with Gasteiger partial charge in [-0.15, -0.1) is 0 Å². The normalized spacial score (nSPS) is 23.8. The molecule has 116 valence electrons. The summed E-state index contributed by atoms with van der Waals surface area (Å²) < 4.78 is 41.1. The number of hydrogen-bond donors (Lipinski definition) is 1.